The summed E-state index contributed by atoms with van der Waals surface area (Å²) in [4.78, 5) is 16.9. The van der Waals surface area contributed by atoms with Crippen molar-refractivity contribution in [2.24, 2.45) is 0 Å². The van der Waals surface area contributed by atoms with Crippen LogP contribution in [0.1, 0.15) is 16.7 Å². The second kappa shape index (κ2) is 9.31. The van der Waals surface area contributed by atoms with Gasteiger partial charge in [0.05, 0.1) is 18.1 Å². The van der Waals surface area contributed by atoms with E-state index in [0.29, 0.717) is 23.4 Å². The smallest absolute Gasteiger partial charge is 0.236 e. The fourth-order valence-electron chi connectivity index (χ4n) is 3.01. The highest BCUT2D eigenvalue weighted by Gasteiger charge is 2.13. The summed E-state index contributed by atoms with van der Waals surface area (Å²) in [6.07, 6.45) is 1.64. The third-order valence-electron chi connectivity index (χ3n) is 4.13. The predicted octanol–water partition coefficient (Wildman–Crippen LogP) is 3.70. The number of hydrogen-bond donors (Lipinski definition) is 1. The maximum absolute atomic E-state index is 12.3. The highest BCUT2D eigenvalue weighted by molar-refractivity contribution is 7.99. The minimum Gasteiger partial charge on any atom is -0.383 e. The van der Waals surface area contributed by atoms with Crippen molar-refractivity contribution >= 4 is 34.1 Å². The Bertz CT molecular complexity index is 944. The topological polar surface area (TPSA) is 81.9 Å². The molecule has 0 atom stereocenters. The Morgan fingerprint density at radius 1 is 1.29 bits per heavy atom. The van der Waals surface area contributed by atoms with E-state index in [1.807, 2.05) is 9.95 Å². The molecule has 1 aromatic carbocycles. The zero-order valence-corrected chi connectivity index (χ0v) is 18.0. The number of aryl methyl sites for hydroxylation is 3. The van der Waals surface area contributed by atoms with E-state index in [9.17, 15) is 4.79 Å². The van der Waals surface area contributed by atoms with E-state index in [1.54, 1.807) is 13.4 Å². The lowest BCUT2D eigenvalue weighted by Crippen LogP contribution is -2.14. The van der Waals surface area contributed by atoms with Crippen molar-refractivity contribution in [3.05, 3.63) is 40.5 Å². The molecule has 0 unspecified atom stereocenters. The number of carbonyl (C=O) groups excluding carboxylic acids is 1. The summed E-state index contributed by atoms with van der Waals surface area (Å²) in [6.45, 7) is 7.48. The lowest BCUT2D eigenvalue weighted by molar-refractivity contribution is -0.113. The van der Waals surface area contributed by atoms with Crippen LogP contribution in [0.2, 0.25) is 0 Å². The molecule has 1 amide bonds. The molecule has 0 saturated carbocycles. The number of nitrogens with zero attached hydrogens (tertiary/aromatic N) is 4. The van der Waals surface area contributed by atoms with E-state index in [2.05, 4.69) is 53.4 Å². The summed E-state index contributed by atoms with van der Waals surface area (Å²) in [6, 6.07) is 4.30. The molecule has 3 rings (SSSR count). The molecule has 2 aromatic heterocycles. The van der Waals surface area contributed by atoms with Gasteiger partial charge in [0.2, 0.25) is 5.91 Å². The van der Waals surface area contributed by atoms with E-state index in [0.717, 1.165) is 11.3 Å². The fourth-order valence-corrected chi connectivity index (χ4v) is 4.47. The third kappa shape index (κ3) is 4.98. The van der Waals surface area contributed by atoms with Gasteiger partial charge in [0.15, 0.2) is 10.3 Å². The highest BCUT2D eigenvalue weighted by Crippen LogP contribution is 2.31. The van der Waals surface area contributed by atoms with Crippen LogP contribution < -0.4 is 5.32 Å². The van der Waals surface area contributed by atoms with Crippen molar-refractivity contribution in [1.29, 1.82) is 0 Å². The number of benzene rings is 1. The molecule has 0 spiro atoms. The van der Waals surface area contributed by atoms with Gasteiger partial charge in [0.25, 0.3) is 0 Å². The van der Waals surface area contributed by atoms with E-state index in [1.165, 1.54) is 39.8 Å². The summed E-state index contributed by atoms with van der Waals surface area (Å²) in [5, 5.41) is 14.1. The van der Waals surface area contributed by atoms with Gasteiger partial charge in [-0.1, -0.05) is 29.5 Å². The summed E-state index contributed by atoms with van der Waals surface area (Å²) in [5.41, 5.74) is 5.63. The molecule has 0 aliphatic carbocycles. The van der Waals surface area contributed by atoms with Crippen molar-refractivity contribution in [3.63, 3.8) is 0 Å². The molecule has 2 heterocycles. The average molecular weight is 418 g/mol. The Hall–Kier alpha value is -2.23. The molecule has 1 N–H and O–H groups in total. The standard InChI is InChI=1S/C19H23N5O2S2/c1-12-7-13(2)17(14(3)8-12)15-9-27-18(21-15)22-16(25)10-28-19-23-20-11-24(19)5-6-26-4/h7-9,11H,5-6,10H2,1-4H3,(H,21,22,25). The molecule has 0 fully saturated rings. The molecule has 0 radical (unpaired) electrons. The Labute approximate surface area is 172 Å². The number of methoxy groups -OCH3 is 1. The molecule has 0 bridgehead atoms. The van der Waals surface area contributed by atoms with Gasteiger partial charge < -0.3 is 14.6 Å². The first-order valence-corrected chi connectivity index (χ1v) is 10.7. The van der Waals surface area contributed by atoms with Crippen molar-refractivity contribution in [2.45, 2.75) is 32.5 Å². The van der Waals surface area contributed by atoms with Crippen molar-refractivity contribution in [1.82, 2.24) is 19.7 Å². The molecule has 9 heteroatoms. The maximum atomic E-state index is 12.3. The van der Waals surface area contributed by atoms with Crippen LogP contribution in [0.3, 0.4) is 0 Å². The molecule has 0 aliphatic rings. The average Bonchev–Trinajstić information content (AvgIpc) is 3.26. The Balaban J connectivity index is 1.61. The zero-order chi connectivity index (χ0) is 20.1. The van der Waals surface area contributed by atoms with Crippen LogP contribution in [0.4, 0.5) is 5.13 Å². The molecule has 28 heavy (non-hydrogen) atoms. The highest BCUT2D eigenvalue weighted by atomic mass is 32.2. The number of amides is 1. The first-order valence-electron chi connectivity index (χ1n) is 8.81. The van der Waals surface area contributed by atoms with Gasteiger partial charge in [-0.05, 0) is 31.9 Å². The molecular formula is C19H23N5O2S2. The van der Waals surface area contributed by atoms with Gasteiger partial charge in [-0.2, -0.15) is 0 Å². The van der Waals surface area contributed by atoms with E-state index in [4.69, 9.17) is 4.74 Å². The van der Waals surface area contributed by atoms with E-state index >= 15 is 0 Å². The van der Waals surface area contributed by atoms with Crippen LogP contribution in [0.25, 0.3) is 11.3 Å². The van der Waals surface area contributed by atoms with E-state index < -0.39 is 0 Å². The zero-order valence-electron chi connectivity index (χ0n) is 16.4. The number of hydrogen-bond acceptors (Lipinski definition) is 7. The lowest BCUT2D eigenvalue weighted by atomic mass is 9.98. The number of anilines is 1. The van der Waals surface area contributed by atoms with Crippen molar-refractivity contribution in [2.75, 3.05) is 24.8 Å². The summed E-state index contributed by atoms with van der Waals surface area (Å²) in [5.74, 6) is 0.118. The van der Waals surface area contributed by atoms with Gasteiger partial charge in [-0.3, -0.25) is 4.79 Å². The Morgan fingerprint density at radius 3 is 2.75 bits per heavy atom. The number of aromatic nitrogens is 4. The maximum Gasteiger partial charge on any atom is 0.236 e. The van der Waals surface area contributed by atoms with Crippen LogP contribution in [-0.2, 0) is 16.1 Å². The minimum atomic E-state index is -0.121. The molecule has 0 saturated heterocycles. The molecule has 7 nitrogen and oxygen atoms in total. The number of thiazole rings is 1. The third-order valence-corrected chi connectivity index (χ3v) is 5.87. The first kappa shape index (κ1) is 20.5. The van der Waals surface area contributed by atoms with Crippen LogP contribution in [0.5, 0.6) is 0 Å². The number of nitrogens with one attached hydrogen (secondary N) is 1. The second-order valence-electron chi connectivity index (χ2n) is 6.45. The van der Waals surface area contributed by atoms with Crippen molar-refractivity contribution < 1.29 is 9.53 Å². The Kier molecular flexibility index (Phi) is 6.82. The molecule has 0 aliphatic heterocycles. The summed E-state index contributed by atoms with van der Waals surface area (Å²) < 4.78 is 6.93. The predicted molar refractivity (Wildman–Crippen MR) is 113 cm³/mol. The normalized spacial score (nSPS) is 11.0. The summed E-state index contributed by atoms with van der Waals surface area (Å²) >= 11 is 2.77. The molecular weight excluding hydrogens is 394 g/mol. The number of thioether (sulfide) groups is 1. The fraction of sp³-hybridized carbons (Fsp3) is 0.368. The number of ether oxygens (including phenoxy) is 1. The van der Waals surface area contributed by atoms with Crippen molar-refractivity contribution in [3.8, 4) is 11.3 Å². The Morgan fingerprint density at radius 2 is 2.04 bits per heavy atom. The first-order chi connectivity index (χ1) is 13.5. The SMILES string of the molecule is COCCn1cnnc1SCC(=O)Nc1nc(-c2c(C)cc(C)cc2C)cs1. The van der Waals surface area contributed by atoms with Crippen LogP contribution in [-0.4, -0.2) is 45.1 Å². The van der Waals surface area contributed by atoms with E-state index in [-0.39, 0.29) is 11.7 Å². The van der Waals surface area contributed by atoms with Gasteiger partial charge in [0.1, 0.15) is 6.33 Å². The van der Waals surface area contributed by atoms with Crippen LogP contribution in [0.15, 0.2) is 29.0 Å². The largest absolute Gasteiger partial charge is 0.383 e. The minimum absolute atomic E-state index is 0.121. The second-order valence-corrected chi connectivity index (χ2v) is 8.25. The van der Waals surface area contributed by atoms with Gasteiger partial charge in [-0.15, -0.1) is 21.5 Å². The van der Waals surface area contributed by atoms with Gasteiger partial charge in [0, 0.05) is 24.6 Å². The quantitative estimate of drug-likeness (QED) is 0.563. The van der Waals surface area contributed by atoms with Crippen LogP contribution in [0, 0.1) is 20.8 Å². The number of carbonyl (C=O) groups is 1. The molecule has 3 aromatic rings. The lowest BCUT2D eigenvalue weighted by Gasteiger charge is -2.08. The summed E-state index contributed by atoms with van der Waals surface area (Å²) in [7, 11) is 1.65. The van der Waals surface area contributed by atoms with Crippen LogP contribution >= 0.6 is 23.1 Å². The monoisotopic (exact) mass is 417 g/mol. The van der Waals surface area contributed by atoms with Gasteiger partial charge in [-0.25, -0.2) is 4.98 Å². The van der Waals surface area contributed by atoms with Gasteiger partial charge >= 0.3 is 0 Å². The number of rotatable bonds is 8. The molecule has 148 valence electrons.